The molecule has 2 heteroatoms. The largest absolute Gasteiger partial charge is 0.396 e. The van der Waals surface area contributed by atoms with E-state index < -0.39 is 0 Å². The van der Waals surface area contributed by atoms with Crippen molar-refractivity contribution >= 4 is 10.9 Å². The molecule has 0 atom stereocenters. The summed E-state index contributed by atoms with van der Waals surface area (Å²) in [5.74, 6) is 0. The average molecular weight is 186 g/mol. The number of benzene rings is 1. The van der Waals surface area contributed by atoms with Crippen molar-refractivity contribution in [2.75, 3.05) is 6.61 Å². The number of aryl methyl sites for hydroxylation is 1. The van der Waals surface area contributed by atoms with E-state index in [2.05, 4.69) is 11.1 Å². The van der Waals surface area contributed by atoms with Gasteiger partial charge in [-0.2, -0.15) is 0 Å². The summed E-state index contributed by atoms with van der Waals surface area (Å²) in [4.78, 5) is 4.48. The maximum absolute atomic E-state index is 8.71. The van der Waals surface area contributed by atoms with Crippen LogP contribution in [0.15, 0.2) is 30.3 Å². The topological polar surface area (TPSA) is 33.1 Å². The van der Waals surface area contributed by atoms with Gasteiger partial charge in [0.15, 0.2) is 0 Å². The molecule has 1 heterocycles. The minimum atomic E-state index is 0.224. The third kappa shape index (κ3) is 1.91. The Morgan fingerprint density at radius 1 is 1.29 bits per heavy atom. The fourth-order valence-electron chi connectivity index (χ4n) is 1.45. The summed E-state index contributed by atoms with van der Waals surface area (Å²) in [5.41, 5.74) is 2.04. The van der Waals surface area contributed by atoms with E-state index in [4.69, 9.17) is 5.11 Å². The van der Waals surface area contributed by atoms with Crippen molar-refractivity contribution < 1.29 is 5.11 Å². The molecule has 0 aliphatic heterocycles. The molecule has 2 nitrogen and oxygen atoms in total. The van der Waals surface area contributed by atoms with Crippen LogP contribution in [0, 0.1) is 6.07 Å². The highest BCUT2D eigenvalue weighted by atomic mass is 16.2. The van der Waals surface area contributed by atoms with Gasteiger partial charge in [-0.3, -0.25) is 4.98 Å². The first kappa shape index (κ1) is 9.16. The Kier molecular flexibility index (Phi) is 2.75. The Balaban J connectivity index is 2.32. The molecule has 0 saturated heterocycles. The molecule has 0 bridgehead atoms. The molecule has 2 aromatic rings. The standard InChI is InChI=1S/C12H12NO/c14-9-3-5-11-8-7-10-4-1-2-6-12(10)13-11/h2,4,6-8,14H,3,5,9H2. The van der Waals surface area contributed by atoms with Crippen LogP contribution >= 0.6 is 0 Å². The summed E-state index contributed by atoms with van der Waals surface area (Å²) in [5, 5.41) is 9.82. The molecule has 0 aliphatic carbocycles. The fourth-order valence-corrected chi connectivity index (χ4v) is 1.45. The van der Waals surface area contributed by atoms with Gasteiger partial charge in [-0.1, -0.05) is 12.1 Å². The van der Waals surface area contributed by atoms with Crippen molar-refractivity contribution in [2.45, 2.75) is 12.8 Å². The van der Waals surface area contributed by atoms with Gasteiger partial charge in [0.1, 0.15) is 0 Å². The molecule has 0 unspecified atom stereocenters. The fraction of sp³-hybridized carbons (Fsp3) is 0.250. The van der Waals surface area contributed by atoms with Crippen LogP contribution in [0.5, 0.6) is 0 Å². The zero-order valence-electron chi connectivity index (χ0n) is 7.90. The maximum atomic E-state index is 8.71. The second kappa shape index (κ2) is 4.20. The number of aliphatic hydroxyl groups excluding tert-OH is 1. The number of fused-ring (bicyclic) bond motifs is 1. The van der Waals surface area contributed by atoms with Crippen molar-refractivity contribution in [1.29, 1.82) is 0 Å². The van der Waals surface area contributed by atoms with Crippen LogP contribution < -0.4 is 0 Å². The minimum Gasteiger partial charge on any atom is -0.396 e. The monoisotopic (exact) mass is 186 g/mol. The number of nitrogens with zero attached hydrogens (tertiary/aromatic N) is 1. The molecule has 0 aliphatic rings. The molecular formula is C12H12NO. The maximum Gasteiger partial charge on any atom is 0.0705 e. The van der Waals surface area contributed by atoms with E-state index in [1.54, 1.807) is 0 Å². The smallest absolute Gasteiger partial charge is 0.0705 e. The highest BCUT2D eigenvalue weighted by Gasteiger charge is 1.97. The van der Waals surface area contributed by atoms with E-state index in [1.807, 2.05) is 30.3 Å². The van der Waals surface area contributed by atoms with Gasteiger partial charge in [0.2, 0.25) is 0 Å². The third-order valence-electron chi connectivity index (χ3n) is 2.18. The van der Waals surface area contributed by atoms with E-state index in [1.165, 1.54) is 0 Å². The van der Waals surface area contributed by atoms with Crippen molar-refractivity contribution in [3.8, 4) is 0 Å². The van der Waals surface area contributed by atoms with Gasteiger partial charge in [0.25, 0.3) is 0 Å². The summed E-state index contributed by atoms with van der Waals surface area (Å²) in [7, 11) is 0. The molecule has 0 amide bonds. The Bertz CT molecular complexity index is 425. The third-order valence-corrected chi connectivity index (χ3v) is 2.18. The second-order valence-corrected chi connectivity index (χ2v) is 3.25. The molecular weight excluding hydrogens is 174 g/mol. The van der Waals surface area contributed by atoms with Crippen LogP contribution in [0.2, 0.25) is 0 Å². The van der Waals surface area contributed by atoms with Crippen LogP contribution in [0.3, 0.4) is 0 Å². The van der Waals surface area contributed by atoms with E-state index in [0.29, 0.717) is 0 Å². The zero-order valence-corrected chi connectivity index (χ0v) is 7.90. The number of rotatable bonds is 3. The molecule has 71 valence electrons. The Labute approximate surface area is 83.2 Å². The van der Waals surface area contributed by atoms with Crippen LogP contribution in [0.4, 0.5) is 0 Å². The van der Waals surface area contributed by atoms with Crippen LogP contribution in [0.1, 0.15) is 12.1 Å². The van der Waals surface area contributed by atoms with Crippen LogP contribution in [-0.2, 0) is 6.42 Å². The first-order valence-corrected chi connectivity index (χ1v) is 4.77. The molecule has 1 aromatic carbocycles. The molecule has 1 aromatic heterocycles. The Morgan fingerprint density at radius 2 is 2.21 bits per heavy atom. The lowest BCUT2D eigenvalue weighted by Gasteiger charge is -2.01. The predicted molar refractivity (Wildman–Crippen MR) is 56.0 cm³/mol. The van der Waals surface area contributed by atoms with Crippen LogP contribution in [0.25, 0.3) is 10.9 Å². The van der Waals surface area contributed by atoms with Gasteiger partial charge < -0.3 is 5.11 Å². The highest BCUT2D eigenvalue weighted by Crippen LogP contribution is 2.12. The SMILES string of the molecule is OCCCc1ccc2c[c]ccc2n1. The van der Waals surface area contributed by atoms with E-state index in [-0.39, 0.29) is 6.61 Å². The lowest BCUT2D eigenvalue weighted by molar-refractivity contribution is 0.288. The summed E-state index contributed by atoms with van der Waals surface area (Å²) < 4.78 is 0. The molecule has 14 heavy (non-hydrogen) atoms. The molecule has 0 saturated carbocycles. The van der Waals surface area contributed by atoms with Crippen molar-refractivity contribution in [1.82, 2.24) is 4.98 Å². The first-order valence-electron chi connectivity index (χ1n) is 4.77. The van der Waals surface area contributed by atoms with E-state index in [0.717, 1.165) is 29.4 Å². The number of hydrogen-bond donors (Lipinski definition) is 1. The minimum absolute atomic E-state index is 0.224. The number of hydrogen-bond acceptors (Lipinski definition) is 2. The normalized spacial score (nSPS) is 10.6. The number of pyridine rings is 1. The van der Waals surface area contributed by atoms with Gasteiger partial charge in [-0.05, 0) is 37.1 Å². The first-order chi connectivity index (χ1) is 6.90. The number of aliphatic hydroxyl groups is 1. The Morgan fingerprint density at radius 3 is 3.07 bits per heavy atom. The summed E-state index contributed by atoms with van der Waals surface area (Å²) in [6.45, 7) is 0.224. The lowest BCUT2D eigenvalue weighted by Crippen LogP contribution is -1.93. The summed E-state index contributed by atoms with van der Waals surface area (Å²) in [6.07, 6.45) is 1.61. The molecule has 1 radical (unpaired) electrons. The average Bonchev–Trinajstić information content (AvgIpc) is 2.26. The molecule has 0 fully saturated rings. The van der Waals surface area contributed by atoms with Gasteiger partial charge in [0, 0.05) is 17.7 Å². The van der Waals surface area contributed by atoms with Gasteiger partial charge in [0.05, 0.1) is 5.52 Å². The predicted octanol–water partition coefficient (Wildman–Crippen LogP) is 1.96. The van der Waals surface area contributed by atoms with Crippen LogP contribution in [-0.4, -0.2) is 16.7 Å². The highest BCUT2D eigenvalue weighted by molar-refractivity contribution is 5.78. The molecule has 0 spiro atoms. The number of aromatic nitrogens is 1. The summed E-state index contributed by atoms with van der Waals surface area (Å²) >= 11 is 0. The molecule has 2 rings (SSSR count). The lowest BCUT2D eigenvalue weighted by atomic mass is 10.1. The van der Waals surface area contributed by atoms with Gasteiger partial charge in [-0.25, -0.2) is 0 Å². The van der Waals surface area contributed by atoms with Crippen molar-refractivity contribution in [3.05, 3.63) is 42.1 Å². The van der Waals surface area contributed by atoms with Gasteiger partial charge >= 0.3 is 0 Å². The van der Waals surface area contributed by atoms with Crippen molar-refractivity contribution in [3.63, 3.8) is 0 Å². The van der Waals surface area contributed by atoms with E-state index >= 15 is 0 Å². The zero-order chi connectivity index (χ0) is 9.80. The van der Waals surface area contributed by atoms with Crippen molar-refractivity contribution in [2.24, 2.45) is 0 Å². The quantitative estimate of drug-likeness (QED) is 0.794. The van der Waals surface area contributed by atoms with E-state index in [9.17, 15) is 0 Å². The summed E-state index contributed by atoms with van der Waals surface area (Å²) in [6, 6.07) is 12.8. The molecule has 1 N–H and O–H groups in total. The van der Waals surface area contributed by atoms with Gasteiger partial charge in [-0.15, -0.1) is 0 Å². The second-order valence-electron chi connectivity index (χ2n) is 3.25. The Hall–Kier alpha value is -1.41.